The largest absolute Gasteiger partial charge is 0.456 e. The van der Waals surface area contributed by atoms with Crippen LogP contribution in [0.4, 0.5) is 34.1 Å². The highest BCUT2D eigenvalue weighted by Gasteiger charge is 2.18. The molecular formula is C40H28N2O. The lowest BCUT2D eigenvalue weighted by Gasteiger charge is -2.26. The molecule has 43 heavy (non-hydrogen) atoms. The van der Waals surface area contributed by atoms with Gasteiger partial charge in [0.05, 0.1) is 5.69 Å². The Morgan fingerprint density at radius 3 is 1.58 bits per heavy atom. The number of furan rings is 1. The third-order valence-electron chi connectivity index (χ3n) is 8.01. The molecular weight excluding hydrogens is 524 g/mol. The van der Waals surface area contributed by atoms with Gasteiger partial charge in [0.1, 0.15) is 11.2 Å². The first kappa shape index (κ1) is 25.0. The van der Waals surface area contributed by atoms with E-state index in [1.165, 1.54) is 10.8 Å². The summed E-state index contributed by atoms with van der Waals surface area (Å²) in [4.78, 5) is 4.59. The van der Waals surface area contributed by atoms with Crippen LogP contribution in [0.5, 0.6) is 0 Å². The lowest BCUT2D eigenvalue weighted by atomic mass is 10.1. The average Bonchev–Trinajstić information content (AvgIpc) is 3.44. The second-order valence-corrected chi connectivity index (χ2v) is 10.6. The highest BCUT2D eigenvalue weighted by atomic mass is 16.3. The van der Waals surface area contributed by atoms with Crippen molar-refractivity contribution in [1.29, 1.82) is 0 Å². The zero-order valence-corrected chi connectivity index (χ0v) is 23.5. The number of nitrogens with zero attached hydrogens (tertiary/aromatic N) is 2. The average molecular weight is 553 g/mol. The third kappa shape index (κ3) is 4.48. The fraction of sp³-hybridized carbons (Fsp3) is 0. The second kappa shape index (κ2) is 10.6. The van der Waals surface area contributed by atoms with Crippen LogP contribution in [0.15, 0.2) is 174 Å². The van der Waals surface area contributed by atoms with Crippen molar-refractivity contribution in [2.24, 2.45) is 0 Å². The first-order valence-electron chi connectivity index (χ1n) is 14.5. The van der Waals surface area contributed by atoms with Gasteiger partial charge in [0.25, 0.3) is 0 Å². The van der Waals surface area contributed by atoms with Crippen molar-refractivity contribution in [2.45, 2.75) is 0 Å². The quantitative estimate of drug-likeness (QED) is 0.205. The molecule has 0 atom stereocenters. The Balaban J connectivity index is 1.28. The molecule has 1 heterocycles. The Kier molecular flexibility index (Phi) is 6.12. The van der Waals surface area contributed by atoms with Crippen LogP contribution in [0.1, 0.15) is 0 Å². The van der Waals surface area contributed by atoms with Crippen LogP contribution >= 0.6 is 0 Å². The normalized spacial score (nSPS) is 11.3. The number of rotatable bonds is 6. The highest BCUT2D eigenvalue weighted by molar-refractivity contribution is 6.08. The van der Waals surface area contributed by atoms with Gasteiger partial charge in [-0.3, -0.25) is 0 Å². The standard InChI is InChI=1S/C40H28N2O/c1-4-15-30(16-5-1)41(31-17-6-2-7-18-31)33-24-26-39-37(27-33)36-25-23-34(28-40(36)43-39)42(32-19-8-3-9-20-32)38-22-12-14-29-13-10-11-21-35(29)38/h1-28H. The molecule has 0 bridgehead atoms. The van der Waals surface area contributed by atoms with Crippen LogP contribution in [-0.4, -0.2) is 0 Å². The molecule has 1 aromatic heterocycles. The molecule has 0 saturated carbocycles. The van der Waals surface area contributed by atoms with Crippen molar-refractivity contribution in [1.82, 2.24) is 0 Å². The topological polar surface area (TPSA) is 19.6 Å². The molecule has 0 N–H and O–H groups in total. The van der Waals surface area contributed by atoms with Gasteiger partial charge >= 0.3 is 0 Å². The van der Waals surface area contributed by atoms with E-state index in [9.17, 15) is 0 Å². The SMILES string of the molecule is c1ccc(N(c2ccccc2)c2ccc3oc4cc(N(c5ccccc5)c5cccc6ccccc56)ccc4c3c2)cc1. The van der Waals surface area contributed by atoms with Gasteiger partial charge in [-0.2, -0.15) is 0 Å². The molecule has 0 fully saturated rings. The highest BCUT2D eigenvalue weighted by Crippen LogP contribution is 2.42. The Labute approximate surface area is 250 Å². The molecule has 0 unspecified atom stereocenters. The molecule has 0 aliphatic heterocycles. The van der Waals surface area contributed by atoms with Crippen LogP contribution in [0.3, 0.4) is 0 Å². The van der Waals surface area contributed by atoms with Gasteiger partial charge < -0.3 is 14.2 Å². The van der Waals surface area contributed by atoms with Crippen molar-refractivity contribution >= 4 is 66.8 Å². The molecule has 3 heteroatoms. The molecule has 7 aromatic carbocycles. The minimum atomic E-state index is 0.858. The Hall–Kier alpha value is -5.80. The fourth-order valence-electron chi connectivity index (χ4n) is 6.04. The van der Waals surface area contributed by atoms with Crippen molar-refractivity contribution in [3.8, 4) is 0 Å². The summed E-state index contributed by atoms with van der Waals surface area (Å²) in [7, 11) is 0. The third-order valence-corrected chi connectivity index (χ3v) is 8.01. The van der Waals surface area contributed by atoms with E-state index in [0.29, 0.717) is 0 Å². The molecule has 204 valence electrons. The van der Waals surface area contributed by atoms with E-state index in [0.717, 1.165) is 56.1 Å². The first-order chi connectivity index (χ1) is 21.3. The van der Waals surface area contributed by atoms with E-state index >= 15 is 0 Å². The zero-order chi connectivity index (χ0) is 28.6. The minimum absolute atomic E-state index is 0.858. The van der Waals surface area contributed by atoms with Gasteiger partial charge in [0.15, 0.2) is 0 Å². The fourth-order valence-corrected chi connectivity index (χ4v) is 6.04. The molecule has 0 aliphatic carbocycles. The summed E-state index contributed by atoms with van der Waals surface area (Å²) < 4.78 is 6.50. The van der Waals surface area contributed by atoms with E-state index in [1.807, 2.05) is 12.1 Å². The Morgan fingerprint density at radius 2 is 0.884 bits per heavy atom. The number of hydrogen-bond acceptors (Lipinski definition) is 3. The molecule has 0 aliphatic rings. The number of hydrogen-bond donors (Lipinski definition) is 0. The van der Waals surface area contributed by atoms with Crippen LogP contribution in [0.25, 0.3) is 32.7 Å². The van der Waals surface area contributed by atoms with Crippen LogP contribution in [0, 0.1) is 0 Å². The summed E-state index contributed by atoms with van der Waals surface area (Å²) >= 11 is 0. The maximum Gasteiger partial charge on any atom is 0.137 e. The van der Waals surface area contributed by atoms with Crippen LogP contribution in [0.2, 0.25) is 0 Å². The summed E-state index contributed by atoms with van der Waals surface area (Å²) in [6.45, 7) is 0. The van der Waals surface area contributed by atoms with Gasteiger partial charge in [-0.05, 0) is 78.2 Å². The number of benzene rings is 7. The Bertz CT molecular complexity index is 2140. The predicted molar refractivity (Wildman–Crippen MR) is 181 cm³/mol. The van der Waals surface area contributed by atoms with Crippen molar-refractivity contribution in [3.05, 3.63) is 170 Å². The summed E-state index contributed by atoms with van der Waals surface area (Å²) in [5, 5.41) is 4.59. The van der Waals surface area contributed by atoms with Gasteiger partial charge in [0.2, 0.25) is 0 Å². The number of fused-ring (bicyclic) bond motifs is 4. The van der Waals surface area contributed by atoms with Crippen molar-refractivity contribution in [3.63, 3.8) is 0 Å². The smallest absolute Gasteiger partial charge is 0.137 e. The van der Waals surface area contributed by atoms with Gasteiger partial charge in [0, 0.05) is 50.7 Å². The van der Waals surface area contributed by atoms with E-state index in [2.05, 4.69) is 168 Å². The van der Waals surface area contributed by atoms with Crippen LogP contribution in [-0.2, 0) is 0 Å². The molecule has 0 saturated heterocycles. The van der Waals surface area contributed by atoms with Crippen molar-refractivity contribution in [2.75, 3.05) is 9.80 Å². The molecule has 0 radical (unpaired) electrons. The summed E-state index contributed by atoms with van der Waals surface area (Å²) in [6, 6.07) is 59.5. The maximum absolute atomic E-state index is 6.50. The lowest BCUT2D eigenvalue weighted by molar-refractivity contribution is 0.669. The van der Waals surface area contributed by atoms with Crippen molar-refractivity contribution < 1.29 is 4.42 Å². The van der Waals surface area contributed by atoms with Gasteiger partial charge in [-0.25, -0.2) is 0 Å². The monoisotopic (exact) mass is 552 g/mol. The van der Waals surface area contributed by atoms with E-state index in [1.54, 1.807) is 0 Å². The predicted octanol–water partition coefficient (Wildman–Crippen LogP) is 11.7. The molecule has 0 amide bonds. The van der Waals surface area contributed by atoms with Crippen LogP contribution < -0.4 is 9.80 Å². The van der Waals surface area contributed by atoms with Gasteiger partial charge in [-0.15, -0.1) is 0 Å². The van der Waals surface area contributed by atoms with E-state index in [4.69, 9.17) is 4.42 Å². The zero-order valence-electron chi connectivity index (χ0n) is 23.5. The molecule has 0 spiro atoms. The number of anilines is 6. The molecule has 8 rings (SSSR count). The number of para-hydroxylation sites is 3. The van der Waals surface area contributed by atoms with E-state index < -0.39 is 0 Å². The first-order valence-corrected chi connectivity index (χ1v) is 14.5. The molecule has 8 aromatic rings. The Morgan fingerprint density at radius 1 is 0.326 bits per heavy atom. The summed E-state index contributed by atoms with van der Waals surface area (Å²) in [5.74, 6) is 0. The summed E-state index contributed by atoms with van der Waals surface area (Å²) in [6.07, 6.45) is 0. The minimum Gasteiger partial charge on any atom is -0.456 e. The lowest BCUT2D eigenvalue weighted by Crippen LogP contribution is -2.10. The van der Waals surface area contributed by atoms with Gasteiger partial charge in [-0.1, -0.05) is 91.0 Å². The second-order valence-electron chi connectivity index (χ2n) is 10.6. The maximum atomic E-state index is 6.50. The molecule has 3 nitrogen and oxygen atoms in total. The van der Waals surface area contributed by atoms with E-state index in [-0.39, 0.29) is 0 Å². The summed E-state index contributed by atoms with van der Waals surface area (Å²) in [5.41, 5.74) is 8.29.